The molecule has 0 bridgehead atoms. The Labute approximate surface area is 158 Å². The molecule has 3 rings (SSSR count). The van der Waals surface area contributed by atoms with Gasteiger partial charge in [0.05, 0.1) is 5.02 Å². The van der Waals surface area contributed by atoms with E-state index >= 15 is 0 Å². The first-order chi connectivity index (χ1) is 12.4. The Kier molecular flexibility index (Phi) is 5.86. The SMILES string of the molecule is CN(C)C(=O)CN=C(NC1CC1)NC1CCN(c2ccc(F)c(Cl)c2)C1. The van der Waals surface area contributed by atoms with Crippen LogP contribution in [0.25, 0.3) is 0 Å². The van der Waals surface area contributed by atoms with Gasteiger partial charge in [0.1, 0.15) is 12.4 Å². The summed E-state index contributed by atoms with van der Waals surface area (Å²) >= 11 is 5.89. The van der Waals surface area contributed by atoms with Crippen LogP contribution < -0.4 is 15.5 Å². The summed E-state index contributed by atoms with van der Waals surface area (Å²) in [5.41, 5.74) is 0.914. The summed E-state index contributed by atoms with van der Waals surface area (Å²) in [5.74, 6) is 0.250. The van der Waals surface area contributed by atoms with Gasteiger partial charge in [-0.3, -0.25) is 4.79 Å². The van der Waals surface area contributed by atoms with E-state index in [2.05, 4.69) is 20.5 Å². The molecule has 1 aromatic carbocycles. The molecule has 2 aliphatic rings. The van der Waals surface area contributed by atoms with E-state index in [0.29, 0.717) is 12.0 Å². The third-order valence-electron chi connectivity index (χ3n) is 4.59. The lowest BCUT2D eigenvalue weighted by molar-refractivity contribution is -0.127. The van der Waals surface area contributed by atoms with Gasteiger partial charge in [-0.1, -0.05) is 11.6 Å². The van der Waals surface area contributed by atoms with Crippen molar-refractivity contribution in [2.24, 2.45) is 4.99 Å². The molecule has 0 radical (unpaired) electrons. The van der Waals surface area contributed by atoms with Crippen molar-refractivity contribution in [1.29, 1.82) is 0 Å². The smallest absolute Gasteiger partial charge is 0.243 e. The highest BCUT2D eigenvalue weighted by Gasteiger charge is 2.27. The first-order valence-corrected chi connectivity index (χ1v) is 9.28. The Morgan fingerprint density at radius 2 is 2.04 bits per heavy atom. The average molecular weight is 382 g/mol. The fourth-order valence-electron chi connectivity index (χ4n) is 2.83. The number of hydrogen-bond acceptors (Lipinski definition) is 3. The summed E-state index contributed by atoms with van der Waals surface area (Å²) in [7, 11) is 3.45. The van der Waals surface area contributed by atoms with Crippen molar-refractivity contribution in [3.8, 4) is 0 Å². The molecule has 142 valence electrons. The zero-order valence-corrected chi connectivity index (χ0v) is 15.9. The molecule has 0 aromatic heterocycles. The van der Waals surface area contributed by atoms with E-state index in [1.54, 1.807) is 26.2 Å². The fraction of sp³-hybridized carbons (Fsp3) is 0.556. The standard InChI is InChI=1S/C18H25ClFN5O/c1-24(2)17(26)10-21-18(22-12-3-4-12)23-13-7-8-25(11-13)14-5-6-16(20)15(19)9-14/h5-6,9,12-13H,3-4,7-8,10-11H2,1-2H3,(H2,21,22,23). The van der Waals surface area contributed by atoms with Crippen LogP contribution in [0.1, 0.15) is 19.3 Å². The van der Waals surface area contributed by atoms with E-state index in [0.717, 1.165) is 38.0 Å². The molecule has 1 unspecified atom stereocenters. The molecular formula is C18H25ClFN5O. The second kappa shape index (κ2) is 8.12. The predicted octanol–water partition coefficient (Wildman–Crippen LogP) is 1.84. The van der Waals surface area contributed by atoms with Gasteiger partial charge in [-0.05, 0) is 37.5 Å². The second-order valence-electron chi connectivity index (χ2n) is 7.05. The number of carbonyl (C=O) groups excluding carboxylic acids is 1. The van der Waals surface area contributed by atoms with Gasteiger partial charge in [0, 0.05) is 45.0 Å². The number of hydrogen-bond donors (Lipinski definition) is 2. The van der Waals surface area contributed by atoms with Gasteiger partial charge in [-0.25, -0.2) is 9.38 Å². The van der Waals surface area contributed by atoms with Crippen LogP contribution >= 0.6 is 11.6 Å². The zero-order valence-electron chi connectivity index (χ0n) is 15.1. The minimum absolute atomic E-state index is 0.0316. The van der Waals surface area contributed by atoms with Gasteiger partial charge in [0.2, 0.25) is 5.91 Å². The second-order valence-corrected chi connectivity index (χ2v) is 7.45. The van der Waals surface area contributed by atoms with Crippen molar-refractivity contribution in [3.63, 3.8) is 0 Å². The first kappa shape index (κ1) is 18.8. The highest BCUT2D eigenvalue weighted by molar-refractivity contribution is 6.31. The number of likely N-dealkylation sites (N-methyl/N-ethyl adjacent to an activating group) is 1. The highest BCUT2D eigenvalue weighted by Crippen LogP contribution is 2.25. The van der Waals surface area contributed by atoms with Gasteiger partial charge in [0.25, 0.3) is 0 Å². The summed E-state index contributed by atoms with van der Waals surface area (Å²) in [6, 6.07) is 5.46. The maximum Gasteiger partial charge on any atom is 0.243 e. The van der Waals surface area contributed by atoms with Gasteiger partial charge >= 0.3 is 0 Å². The molecule has 8 heteroatoms. The summed E-state index contributed by atoms with van der Waals surface area (Å²) in [6.07, 6.45) is 3.20. The third kappa shape index (κ3) is 5.00. The Balaban J connectivity index is 1.59. The number of anilines is 1. The van der Waals surface area contributed by atoms with Crippen molar-refractivity contribution in [2.45, 2.75) is 31.3 Å². The van der Waals surface area contributed by atoms with Gasteiger partial charge in [0.15, 0.2) is 5.96 Å². The molecule has 1 aliphatic heterocycles. The molecule has 1 saturated carbocycles. The van der Waals surface area contributed by atoms with Gasteiger partial charge in [-0.15, -0.1) is 0 Å². The van der Waals surface area contributed by atoms with Crippen molar-refractivity contribution < 1.29 is 9.18 Å². The highest BCUT2D eigenvalue weighted by atomic mass is 35.5. The Morgan fingerprint density at radius 1 is 1.31 bits per heavy atom. The van der Waals surface area contributed by atoms with Gasteiger partial charge < -0.3 is 20.4 Å². The van der Waals surface area contributed by atoms with Crippen LogP contribution in [-0.2, 0) is 4.79 Å². The van der Waals surface area contributed by atoms with Crippen molar-refractivity contribution in [1.82, 2.24) is 15.5 Å². The largest absolute Gasteiger partial charge is 0.369 e. The number of benzene rings is 1. The molecule has 26 heavy (non-hydrogen) atoms. The molecule has 1 aliphatic carbocycles. The Morgan fingerprint density at radius 3 is 2.69 bits per heavy atom. The lowest BCUT2D eigenvalue weighted by Gasteiger charge is -2.21. The monoisotopic (exact) mass is 381 g/mol. The molecular weight excluding hydrogens is 357 g/mol. The number of nitrogens with one attached hydrogen (secondary N) is 2. The number of carbonyl (C=O) groups is 1. The maximum atomic E-state index is 13.4. The van der Waals surface area contributed by atoms with E-state index in [1.807, 2.05) is 0 Å². The quantitative estimate of drug-likeness (QED) is 0.603. The molecule has 6 nitrogen and oxygen atoms in total. The molecule has 2 N–H and O–H groups in total. The minimum atomic E-state index is -0.405. The maximum absolute atomic E-state index is 13.4. The normalized spacial score (nSPS) is 20.2. The van der Waals surface area contributed by atoms with Crippen LogP contribution in [0.4, 0.5) is 10.1 Å². The predicted molar refractivity (Wildman–Crippen MR) is 102 cm³/mol. The van der Waals surface area contributed by atoms with Crippen LogP contribution in [0.5, 0.6) is 0 Å². The lowest BCUT2D eigenvalue weighted by atomic mass is 10.2. The van der Waals surface area contributed by atoms with Crippen LogP contribution in [0.3, 0.4) is 0 Å². The van der Waals surface area contributed by atoms with E-state index in [4.69, 9.17) is 11.6 Å². The number of guanidine groups is 1. The van der Waals surface area contributed by atoms with E-state index in [1.165, 1.54) is 11.0 Å². The van der Waals surface area contributed by atoms with Crippen molar-refractivity contribution >= 4 is 29.2 Å². The number of halogens is 2. The summed E-state index contributed by atoms with van der Waals surface area (Å²) in [5, 5.41) is 6.93. The van der Waals surface area contributed by atoms with E-state index in [-0.39, 0.29) is 23.5 Å². The van der Waals surface area contributed by atoms with Crippen LogP contribution in [0.15, 0.2) is 23.2 Å². The van der Waals surface area contributed by atoms with Crippen molar-refractivity contribution in [2.75, 3.05) is 38.6 Å². The number of aliphatic imine (C=N–C) groups is 1. The Hall–Kier alpha value is -2.02. The topological polar surface area (TPSA) is 60.0 Å². The van der Waals surface area contributed by atoms with E-state index < -0.39 is 5.82 Å². The minimum Gasteiger partial charge on any atom is -0.369 e. The molecule has 1 atom stereocenters. The number of rotatable bonds is 5. The van der Waals surface area contributed by atoms with Crippen molar-refractivity contribution in [3.05, 3.63) is 29.0 Å². The summed E-state index contributed by atoms with van der Waals surface area (Å²) in [6.45, 7) is 1.75. The first-order valence-electron chi connectivity index (χ1n) is 8.90. The average Bonchev–Trinajstić information content (AvgIpc) is 3.30. The molecule has 1 saturated heterocycles. The summed E-state index contributed by atoms with van der Waals surface area (Å²) < 4.78 is 13.4. The van der Waals surface area contributed by atoms with Gasteiger partial charge in [-0.2, -0.15) is 0 Å². The molecule has 1 heterocycles. The molecule has 2 fully saturated rings. The Bertz CT molecular complexity index is 692. The lowest BCUT2D eigenvalue weighted by Crippen LogP contribution is -2.46. The van der Waals surface area contributed by atoms with E-state index in [9.17, 15) is 9.18 Å². The zero-order chi connectivity index (χ0) is 18.7. The molecule has 1 amide bonds. The number of nitrogens with zero attached hydrogens (tertiary/aromatic N) is 3. The van der Waals surface area contributed by atoms with Crippen LogP contribution in [-0.4, -0.2) is 62.6 Å². The van der Waals surface area contributed by atoms with Crippen LogP contribution in [0.2, 0.25) is 5.02 Å². The van der Waals surface area contributed by atoms with Crippen LogP contribution in [0, 0.1) is 5.82 Å². The third-order valence-corrected chi connectivity index (χ3v) is 4.88. The molecule has 1 aromatic rings. The number of amides is 1. The fourth-order valence-corrected chi connectivity index (χ4v) is 3.00. The summed E-state index contributed by atoms with van der Waals surface area (Å²) in [4.78, 5) is 19.9. The molecule has 0 spiro atoms.